The van der Waals surface area contributed by atoms with Crippen molar-refractivity contribution in [3.8, 4) is 0 Å². The molecule has 0 saturated heterocycles. The molecule has 0 spiro atoms. The Hall–Kier alpha value is -2.40. The highest BCUT2D eigenvalue weighted by molar-refractivity contribution is 7.86. The molecule has 2 aromatic heterocycles. The van der Waals surface area contributed by atoms with Crippen molar-refractivity contribution >= 4 is 20.2 Å². The number of rotatable bonds is 6. The minimum absolute atomic E-state index is 0.479. The molecule has 0 atom stereocenters. The third-order valence-electron chi connectivity index (χ3n) is 3.36. The van der Waals surface area contributed by atoms with Gasteiger partial charge >= 0.3 is 6.67 Å². The molecule has 2 aromatic rings. The molecular weight excluding hydrogens is 440 g/mol. The van der Waals surface area contributed by atoms with E-state index in [4.69, 9.17) is 0 Å². The second-order valence-corrected chi connectivity index (χ2v) is 9.87. The maximum Gasteiger partial charge on any atom is 0.343 e. The summed E-state index contributed by atoms with van der Waals surface area (Å²) in [6.07, 6.45) is 10.8. The third kappa shape index (κ3) is 16.0. The lowest BCUT2D eigenvalue weighted by molar-refractivity contribution is -0.913. The lowest BCUT2D eigenvalue weighted by atomic mass is 10.2. The van der Waals surface area contributed by atoms with E-state index in [0.29, 0.717) is 0 Å². The van der Waals surface area contributed by atoms with Crippen molar-refractivity contribution in [3.05, 3.63) is 84.5 Å². The molecule has 172 valence electrons. The van der Waals surface area contributed by atoms with E-state index in [2.05, 4.69) is 86.9 Å². The molecule has 8 nitrogen and oxygen atoms in total. The van der Waals surface area contributed by atoms with E-state index in [1.54, 1.807) is 0 Å². The Bertz CT molecular complexity index is 967. The molecule has 0 radical (unpaired) electrons. The van der Waals surface area contributed by atoms with Gasteiger partial charge in [0.1, 0.15) is 0 Å². The van der Waals surface area contributed by atoms with Crippen molar-refractivity contribution in [3.63, 3.8) is 0 Å². The molecule has 2 rings (SSSR count). The van der Waals surface area contributed by atoms with Gasteiger partial charge in [-0.2, -0.15) is 0 Å². The zero-order chi connectivity index (χ0) is 24.2. The van der Waals surface area contributed by atoms with Gasteiger partial charge in [-0.15, -0.1) is 22.3 Å². The molecule has 0 unspecified atom stereocenters. The van der Waals surface area contributed by atoms with Crippen LogP contribution in [0.2, 0.25) is 0 Å². The van der Waals surface area contributed by atoms with Crippen molar-refractivity contribution in [1.82, 2.24) is 0 Å². The predicted molar refractivity (Wildman–Crippen MR) is 117 cm³/mol. The number of hydrogen-bond acceptors (Lipinski definition) is 6. The fraction of sp³-hybridized carbons (Fsp3) is 0.333. The maximum absolute atomic E-state index is 9.60. The third-order valence-corrected chi connectivity index (χ3v) is 4.65. The largest absolute Gasteiger partial charge is 0.748 e. The monoisotopic (exact) mass is 470 g/mol. The van der Waals surface area contributed by atoms with Gasteiger partial charge in [0, 0.05) is 22.3 Å². The second-order valence-electron chi connectivity index (χ2n) is 6.98. The van der Waals surface area contributed by atoms with Crippen molar-refractivity contribution in [2.75, 3.05) is 11.5 Å². The molecule has 0 fully saturated rings. The number of aryl methyl sites for hydroxylation is 4. The first-order valence-corrected chi connectivity index (χ1v) is 12.3. The molecule has 2 heterocycles. The van der Waals surface area contributed by atoms with Gasteiger partial charge in [-0.1, -0.05) is 12.2 Å². The molecule has 0 aliphatic rings. The van der Waals surface area contributed by atoms with Crippen LogP contribution in [-0.2, 0) is 26.9 Å². The lowest BCUT2D eigenvalue weighted by Gasteiger charge is -1.99. The summed E-state index contributed by atoms with van der Waals surface area (Å²) < 4.78 is 62.1. The summed E-state index contributed by atoms with van der Waals surface area (Å²) in [7, 11) is -8.08. The Morgan fingerprint density at radius 1 is 0.710 bits per heavy atom. The number of nitrogens with zero attached hydrogens (tertiary/aromatic N) is 2. The normalized spacial score (nSPS) is 10.8. The Morgan fingerprint density at radius 2 is 0.968 bits per heavy atom. The SMILES string of the molecule is C=CCS(=O)(=O)[O-].C=CCS(=O)(=O)[O-].Cc1cc(C)c[n+](C[n+]2cc(C)cc(C)c2)c1. The van der Waals surface area contributed by atoms with E-state index < -0.39 is 31.7 Å². The molecule has 0 N–H and O–H groups in total. The molecule has 10 heteroatoms. The highest BCUT2D eigenvalue weighted by Crippen LogP contribution is 1.98. The standard InChI is InChI=1S/C15H20N2.2C3H6O3S/c1-12-5-13(2)8-16(7-12)11-17-9-14(3)6-15(4)10-17;2*1-2-3-7(4,5)6/h5-10H,11H2,1-4H3;2*2H,1,3H2,(H,4,5,6)/q+2;;/p-2. The molecular formula is C21H30N2O6S2. The van der Waals surface area contributed by atoms with Gasteiger partial charge in [-0.25, -0.2) is 16.8 Å². The van der Waals surface area contributed by atoms with E-state index in [1.165, 1.54) is 22.3 Å². The first kappa shape index (κ1) is 28.6. The van der Waals surface area contributed by atoms with Crippen LogP contribution in [0.15, 0.2) is 62.2 Å². The quantitative estimate of drug-likeness (QED) is 0.358. The Kier molecular flexibility index (Phi) is 12.1. The zero-order valence-electron chi connectivity index (χ0n) is 18.3. The molecule has 31 heavy (non-hydrogen) atoms. The summed E-state index contributed by atoms with van der Waals surface area (Å²) in [4.78, 5) is 0. The van der Waals surface area contributed by atoms with Crippen LogP contribution < -0.4 is 9.13 Å². The minimum Gasteiger partial charge on any atom is -0.748 e. The van der Waals surface area contributed by atoms with Crippen LogP contribution in [0.4, 0.5) is 0 Å². The van der Waals surface area contributed by atoms with Crippen LogP contribution in [0.5, 0.6) is 0 Å². The summed E-state index contributed by atoms with van der Waals surface area (Å²) in [6.45, 7) is 15.5. The molecule has 0 bridgehead atoms. The summed E-state index contributed by atoms with van der Waals surface area (Å²) in [5.74, 6) is -0.958. The van der Waals surface area contributed by atoms with Crippen molar-refractivity contribution in [2.24, 2.45) is 0 Å². The first-order chi connectivity index (χ1) is 14.1. The molecule has 0 aliphatic heterocycles. The van der Waals surface area contributed by atoms with E-state index >= 15 is 0 Å². The van der Waals surface area contributed by atoms with E-state index in [9.17, 15) is 25.9 Å². The number of hydrogen-bond donors (Lipinski definition) is 0. The highest BCUT2D eigenvalue weighted by atomic mass is 32.2. The van der Waals surface area contributed by atoms with Crippen LogP contribution in [0.3, 0.4) is 0 Å². The van der Waals surface area contributed by atoms with E-state index in [-0.39, 0.29) is 0 Å². The van der Waals surface area contributed by atoms with Gasteiger partial charge in [-0.3, -0.25) is 0 Å². The Balaban J connectivity index is 0.000000536. The van der Waals surface area contributed by atoms with Crippen LogP contribution in [0.1, 0.15) is 22.3 Å². The van der Waals surface area contributed by atoms with E-state index in [0.717, 1.165) is 18.8 Å². The zero-order valence-corrected chi connectivity index (χ0v) is 19.9. The van der Waals surface area contributed by atoms with Crippen molar-refractivity contribution in [1.29, 1.82) is 0 Å². The Morgan fingerprint density at radius 3 is 1.13 bits per heavy atom. The summed E-state index contributed by atoms with van der Waals surface area (Å²) >= 11 is 0. The second kappa shape index (κ2) is 13.1. The Labute approximate surface area is 185 Å². The van der Waals surface area contributed by atoms with Crippen molar-refractivity contribution < 1.29 is 35.1 Å². The van der Waals surface area contributed by atoms with Crippen LogP contribution in [-0.4, -0.2) is 37.4 Å². The molecule has 0 saturated carbocycles. The van der Waals surface area contributed by atoms with Gasteiger partial charge in [0.05, 0.1) is 31.7 Å². The fourth-order valence-corrected chi connectivity index (χ4v) is 3.21. The van der Waals surface area contributed by atoms with Crippen LogP contribution >= 0.6 is 0 Å². The predicted octanol–water partition coefficient (Wildman–Crippen LogP) is 1.44. The van der Waals surface area contributed by atoms with Gasteiger partial charge in [0.15, 0.2) is 24.8 Å². The molecule has 0 aromatic carbocycles. The van der Waals surface area contributed by atoms with Gasteiger partial charge in [0.25, 0.3) is 0 Å². The average Bonchev–Trinajstić information content (AvgIpc) is 2.51. The van der Waals surface area contributed by atoms with Crippen LogP contribution in [0.25, 0.3) is 0 Å². The maximum atomic E-state index is 9.60. The molecule has 0 amide bonds. The summed E-state index contributed by atoms with van der Waals surface area (Å²) in [6, 6.07) is 4.39. The summed E-state index contributed by atoms with van der Waals surface area (Å²) in [5.41, 5.74) is 5.20. The molecule has 0 aliphatic carbocycles. The van der Waals surface area contributed by atoms with E-state index in [1.807, 2.05) is 0 Å². The number of pyridine rings is 2. The first-order valence-electron chi connectivity index (χ1n) is 9.18. The smallest absolute Gasteiger partial charge is 0.343 e. The van der Waals surface area contributed by atoms with Crippen LogP contribution in [0, 0.1) is 27.7 Å². The number of aromatic nitrogens is 2. The van der Waals surface area contributed by atoms with Gasteiger partial charge in [-0.05, 0) is 39.8 Å². The highest BCUT2D eigenvalue weighted by Gasteiger charge is 2.10. The topological polar surface area (TPSA) is 122 Å². The van der Waals surface area contributed by atoms with Crippen molar-refractivity contribution in [2.45, 2.75) is 34.4 Å². The van der Waals surface area contributed by atoms with Gasteiger partial charge in [0.2, 0.25) is 0 Å². The minimum atomic E-state index is -4.04. The van der Waals surface area contributed by atoms with Gasteiger partial charge < -0.3 is 9.11 Å². The lowest BCUT2D eigenvalue weighted by Crippen LogP contribution is -2.51. The average molecular weight is 471 g/mol. The fourth-order valence-electron chi connectivity index (χ4n) is 2.63. The summed E-state index contributed by atoms with van der Waals surface area (Å²) in [5, 5.41) is 0.